The smallest absolute Gasteiger partial charge is 0.118 e. The SMILES string of the molecule is COc1ccc(C(O)(c2ccc(OC)cc2)C2CCCCC2)cc1. The van der Waals surface area contributed by atoms with Crippen molar-refractivity contribution in [2.45, 2.75) is 37.7 Å². The number of methoxy groups -OCH3 is 2. The van der Waals surface area contributed by atoms with Crippen LogP contribution in [0.1, 0.15) is 43.2 Å². The standard InChI is InChI=1S/C21H26O3/c1-23-19-12-8-17(9-13-19)21(22,16-6-4-3-5-7-16)18-10-14-20(24-2)15-11-18/h8-16,22H,3-7H2,1-2H3. The van der Waals surface area contributed by atoms with E-state index in [0.29, 0.717) is 0 Å². The monoisotopic (exact) mass is 326 g/mol. The van der Waals surface area contributed by atoms with Gasteiger partial charge in [-0.2, -0.15) is 0 Å². The fourth-order valence-corrected chi connectivity index (χ4v) is 3.85. The van der Waals surface area contributed by atoms with Crippen LogP contribution in [0.5, 0.6) is 11.5 Å². The predicted molar refractivity (Wildman–Crippen MR) is 95.6 cm³/mol. The zero-order valence-electron chi connectivity index (χ0n) is 14.5. The van der Waals surface area contributed by atoms with E-state index in [2.05, 4.69) is 0 Å². The lowest BCUT2D eigenvalue weighted by molar-refractivity contribution is -0.000771. The maximum absolute atomic E-state index is 11.8. The summed E-state index contributed by atoms with van der Waals surface area (Å²) in [5, 5.41) is 11.8. The number of rotatable bonds is 5. The van der Waals surface area contributed by atoms with Gasteiger partial charge in [-0.25, -0.2) is 0 Å². The molecule has 0 saturated heterocycles. The van der Waals surface area contributed by atoms with Crippen LogP contribution in [0.4, 0.5) is 0 Å². The molecule has 0 atom stereocenters. The summed E-state index contributed by atoms with van der Waals surface area (Å²) in [6.07, 6.45) is 5.72. The molecule has 0 bridgehead atoms. The molecular weight excluding hydrogens is 300 g/mol. The van der Waals surface area contributed by atoms with Crippen molar-refractivity contribution < 1.29 is 14.6 Å². The van der Waals surface area contributed by atoms with Gasteiger partial charge in [0.2, 0.25) is 0 Å². The van der Waals surface area contributed by atoms with Crippen molar-refractivity contribution in [2.24, 2.45) is 5.92 Å². The summed E-state index contributed by atoms with van der Waals surface area (Å²) >= 11 is 0. The number of ether oxygens (including phenoxy) is 2. The molecule has 128 valence electrons. The lowest BCUT2D eigenvalue weighted by Gasteiger charge is -2.39. The van der Waals surface area contributed by atoms with E-state index in [4.69, 9.17) is 9.47 Å². The lowest BCUT2D eigenvalue weighted by atomic mass is 9.70. The molecule has 1 aliphatic carbocycles. The highest BCUT2D eigenvalue weighted by molar-refractivity contribution is 5.41. The van der Waals surface area contributed by atoms with Crippen LogP contribution in [0.25, 0.3) is 0 Å². The molecule has 0 aromatic heterocycles. The summed E-state index contributed by atoms with van der Waals surface area (Å²) in [5.74, 6) is 1.84. The molecule has 3 heteroatoms. The third-order valence-corrected chi connectivity index (χ3v) is 5.26. The van der Waals surface area contributed by atoms with E-state index in [9.17, 15) is 5.11 Å². The van der Waals surface area contributed by atoms with E-state index >= 15 is 0 Å². The maximum atomic E-state index is 11.8. The molecule has 0 heterocycles. The summed E-state index contributed by atoms with van der Waals surface area (Å²) in [7, 11) is 3.32. The van der Waals surface area contributed by atoms with E-state index in [1.807, 2.05) is 48.5 Å². The van der Waals surface area contributed by atoms with Crippen LogP contribution in [-0.2, 0) is 5.60 Å². The van der Waals surface area contributed by atoms with Gasteiger partial charge in [0.15, 0.2) is 0 Å². The van der Waals surface area contributed by atoms with E-state index in [1.54, 1.807) is 14.2 Å². The van der Waals surface area contributed by atoms with Crippen molar-refractivity contribution in [1.82, 2.24) is 0 Å². The number of hydrogen-bond donors (Lipinski definition) is 1. The maximum Gasteiger partial charge on any atom is 0.118 e. The molecule has 0 unspecified atom stereocenters. The molecule has 0 spiro atoms. The van der Waals surface area contributed by atoms with Crippen LogP contribution in [0, 0.1) is 5.92 Å². The Morgan fingerprint density at radius 3 is 1.54 bits per heavy atom. The quantitative estimate of drug-likeness (QED) is 0.878. The first kappa shape index (κ1) is 16.8. The Labute approximate surface area is 144 Å². The molecule has 2 aromatic rings. The van der Waals surface area contributed by atoms with Gasteiger partial charge in [-0.15, -0.1) is 0 Å². The number of hydrogen-bond acceptors (Lipinski definition) is 3. The van der Waals surface area contributed by atoms with Crippen molar-refractivity contribution in [2.75, 3.05) is 14.2 Å². The fraction of sp³-hybridized carbons (Fsp3) is 0.429. The molecule has 2 aromatic carbocycles. The average Bonchev–Trinajstić information content (AvgIpc) is 2.68. The third-order valence-electron chi connectivity index (χ3n) is 5.26. The molecule has 0 amide bonds. The van der Waals surface area contributed by atoms with Crippen LogP contribution in [0.2, 0.25) is 0 Å². The largest absolute Gasteiger partial charge is 0.497 e. The Kier molecular flexibility index (Phi) is 5.10. The van der Waals surface area contributed by atoms with Crippen LogP contribution < -0.4 is 9.47 Å². The molecule has 1 fully saturated rings. The van der Waals surface area contributed by atoms with Crippen LogP contribution in [-0.4, -0.2) is 19.3 Å². The minimum absolute atomic E-state index is 0.230. The second-order valence-corrected chi connectivity index (χ2v) is 6.56. The van der Waals surface area contributed by atoms with Crippen molar-refractivity contribution in [1.29, 1.82) is 0 Å². The normalized spacial score (nSPS) is 16.0. The molecule has 0 aliphatic heterocycles. The van der Waals surface area contributed by atoms with E-state index < -0.39 is 5.60 Å². The third kappa shape index (κ3) is 3.13. The summed E-state index contributed by atoms with van der Waals surface area (Å²) in [6.45, 7) is 0. The minimum atomic E-state index is -0.973. The Morgan fingerprint density at radius 1 is 0.750 bits per heavy atom. The molecular formula is C21H26O3. The molecule has 0 radical (unpaired) electrons. The average molecular weight is 326 g/mol. The van der Waals surface area contributed by atoms with Gasteiger partial charge < -0.3 is 14.6 Å². The second-order valence-electron chi connectivity index (χ2n) is 6.56. The first-order chi connectivity index (χ1) is 11.7. The Hall–Kier alpha value is -2.00. The van der Waals surface area contributed by atoms with E-state index in [0.717, 1.165) is 35.5 Å². The second kappa shape index (κ2) is 7.27. The van der Waals surface area contributed by atoms with E-state index in [-0.39, 0.29) is 5.92 Å². The van der Waals surface area contributed by atoms with Crippen LogP contribution in [0.15, 0.2) is 48.5 Å². The molecule has 3 rings (SSSR count). The molecule has 1 N–H and O–H groups in total. The van der Waals surface area contributed by atoms with Crippen LogP contribution >= 0.6 is 0 Å². The summed E-state index contributed by atoms with van der Waals surface area (Å²) in [6, 6.07) is 15.6. The highest BCUT2D eigenvalue weighted by Crippen LogP contribution is 2.44. The van der Waals surface area contributed by atoms with Crippen molar-refractivity contribution in [3.63, 3.8) is 0 Å². The first-order valence-corrected chi connectivity index (χ1v) is 8.70. The van der Waals surface area contributed by atoms with Gasteiger partial charge in [-0.1, -0.05) is 43.5 Å². The summed E-state index contributed by atoms with van der Waals surface area (Å²) in [5.41, 5.74) is 0.889. The van der Waals surface area contributed by atoms with Gasteiger partial charge in [0.05, 0.1) is 14.2 Å². The number of benzene rings is 2. The van der Waals surface area contributed by atoms with E-state index in [1.165, 1.54) is 19.3 Å². The van der Waals surface area contributed by atoms with Gasteiger partial charge in [-0.05, 0) is 54.2 Å². The lowest BCUT2D eigenvalue weighted by Crippen LogP contribution is -2.37. The molecule has 1 saturated carbocycles. The highest BCUT2D eigenvalue weighted by atomic mass is 16.5. The number of aliphatic hydroxyl groups is 1. The van der Waals surface area contributed by atoms with Gasteiger partial charge in [-0.3, -0.25) is 0 Å². The zero-order chi connectivity index (χ0) is 17.0. The zero-order valence-corrected chi connectivity index (χ0v) is 14.5. The Bertz CT molecular complexity index is 592. The molecule has 3 nitrogen and oxygen atoms in total. The highest BCUT2D eigenvalue weighted by Gasteiger charge is 2.40. The fourth-order valence-electron chi connectivity index (χ4n) is 3.85. The summed E-state index contributed by atoms with van der Waals surface area (Å²) < 4.78 is 10.5. The van der Waals surface area contributed by atoms with Gasteiger partial charge >= 0.3 is 0 Å². The Morgan fingerprint density at radius 2 is 1.17 bits per heavy atom. The predicted octanol–water partition coefficient (Wildman–Crippen LogP) is 4.52. The molecule has 24 heavy (non-hydrogen) atoms. The topological polar surface area (TPSA) is 38.7 Å². The molecule has 1 aliphatic rings. The van der Waals surface area contributed by atoms with Gasteiger partial charge in [0.1, 0.15) is 17.1 Å². The summed E-state index contributed by atoms with van der Waals surface area (Å²) in [4.78, 5) is 0. The van der Waals surface area contributed by atoms with Crippen LogP contribution in [0.3, 0.4) is 0 Å². The van der Waals surface area contributed by atoms with Crippen molar-refractivity contribution in [3.05, 3.63) is 59.7 Å². The van der Waals surface area contributed by atoms with Crippen molar-refractivity contribution >= 4 is 0 Å². The van der Waals surface area contributed by atoms with Gasteiger partial charge in [0, 0.05) is 0 Å². The van der Waals surface area contributed by atoms with Crippen molar-refractivity contribution in [3.8, 4) is 11.5 Å². The van der Waals surface area contributed by atoms with Gasteiger partial charge in [0.25, 0.3) is 0 Å². The minimum Gasteiger partial charge on any atom is -0.497 e. The Balaban J connectivity index is 2.04. The first-order valence-electron chi connectivity index (χ1n) is 8.70.